The molecule has 0 N–H and O–H groups in total. The first kappa shape index (κ1) is 27.6. The van der Waals surface area contributed by atoms with E-state index in [1.54, 1.807) is 34.9 Å². The quantitative estimate of drug-likeness (QED) is 0.211. The summed E-state index contributed by atoms with van der Waals surface area (Å²) in [6.45, 7) is 1.79. The smallest absolute Gasteiger partial charge is 0.471 e. The molecule has 0 fully saturated rings. The Hall–Kier alpha value is -4.61. The second-order valence-electron chi connectivity index (χ2n) is 10.1. The lowest BCUT2D eigenvalue weighted by atomic mass is 9.97. The van der Waals surface area contributed by atoms with E-state index in [1.807, 2.05) is 6.92 Å². The van der Waals surface area contributed by atoms with Gasteiger partial charge in [-0.3, -0.25) is 19.1 Å². The Labute approximate surface area is 237 Å². The van der Waals surface area contributed by atoms with Crippen LogP contribution in [0.2, 0.25) is 0 Å². The number of aryl methyl sites for hydroxylation is 1. The van der Waals surface area contributed by atoms with E-state index in [0.29, 0.717) is 45.0 Å². The fourth-order valence-electron chi connectivity index (χ4n) is 5.65. The predicted molar refractivity (Wildman–Crippen MR) is 143 cm³/mol. The van der Waals surface area contributed by atoms with E-state index in [1.165, 1.54) is 31.4 Å². The number of hydrogen-bond acceptors (Lipinski definition) is 6. The lowest BCUT2D eigenvalue weighted by molar-refractivity contribution is -0.171. The van der Waals surface area contributed by atoms with E-state index in [-0.39, 0.29) is 42.7 Å². The van der Waals surface area contributed by atoms with Crippen molar-refractivity contribution in [2.45, 2.75) is 37.9 Å². The van der Waals surface area contributed by atoms with Gasteiger partial charge in [-0.25, -0.2) is 9.37 Å². The van der Waals surface area contributed by atoms with Crippen LogP contribution in [0.3, 0.4) is 0 Å². The highest BCUT2D eigenvalue weighted by atomic mass is 19.4. The van der Waals surface area contributed by atoms with Gasteiger partial charge in [0.05, 0.1) is 42.9 Å². The van der Waals surface area contributed by atoms with Crippen molar-refractivity contribution in [3.63, 3.8) is 0 Å². The van der Waals surface area contributed by atoms with Crippen LogP contribution in [0.5, 0.6) is 11.5 Å². The third-order valence-corrected chi connectivity index (χ3v) is 7.58. The molecule has 12 heteroatoms. The highest BCUT2D eigenvalue weighted by Gasteiger charge is 2.48. The van der Waals surface area contributed by atoms with Crippen molar-refractivity contribution in [2.24, 2.45) is 0 Å². The van der Waals surface area contributed by atoms with Crippen molar-refractivity contribution in [3.05, 3.63) is 77.4 Å². The number of para-hydroxylation sites is 1. The third-order valence-electron chi connectivity index (χ3n) is 7.58. The molecule has 0 saturated heterocycles. The molecule has 2 aliphatic heterocycles. The number of aromatic nitrogens is 2. The van der Waals surface area contributed by atoms with Gasteiger partial charge in [0.15, 0.2) is 0 Å². The second-order valence-corrected chi connectivity index (χ2v) is 10.1. The maximum atomic E-state index is 14.2. The van der Waals surface area contributed by atoms with Crippen molar-refractivity contribution < 1.29 is 41.4 Å². The zero-order valence-electron chi connectivity index (χ0n) is 22.6. The van der Waals surface area contributed by atoms with Gasteiger partial charge >= 0.3 is 18.1 Å². The van der Waals surface area contributed by atoms with E-state index in [2.05, 4.69) is 4.98 Å². The maximum absolute atomic E-state index is 14.2. The Bertz CT molecular complexity index is 1720. The molecule has 0 unspecified atom stereocenters. The van der Waals surface area contributed by atoms with Gasteiger partial charge in [-0.1, -0.05) is 25.1 Å². The number of nitrogens with zero attached hydrogens (tertiary/aromatic N) is 3. The van der Waals surface area contributed by atoms with Crippen LogP contribution in [0.1, 0.15) is 42.3 Å². The van der Waals surface area contributed by atoms with Crippen LogP contribution in [0.4, 0.5) is 23.2 Å². The van der Waals surface area contributed by atoms with Gasteiger partial charge in [0.25, 0.3) is 0 Å². The summed E-state index contributed by atoms with van der Waals surface area (Å²) >= 11 is 0. The molecule has 2 atom stereocenters. The number of benzene rings is 3. The van der Waals surface area contributed by atoms with Gasteiger partial charge in [-0.05, 0) is 24.3 Å². The van der Waals surface area contributed by atoms with Gasteiger partial charge < -0.3 is 14.2 Å². The minimum atomic E-state index is -5.18. The summed E-state index contributed by atoms with van der Waals surface area (Å²) in [5.74, 6) is -2.13. The predicted octanol–water partition coefficient (Wildman–Crippen LogP) is 5.80. The molecule has 218 valence electrons. The number of hydrogen-bond donors (Lipinski definition) is 0. The van der Waals surface area contributed by atoms with E-state index in [4.69, 9.17) is 14.2 Å². The molecule has 0 bridgehead atoms. The van der Waals surface area contributed by atoms with Gasteiger partial charge in [-0.2, -0.15) is 13.2 Å². The second kappa shape index (κ2) is 10.3. The van der Waals surface area contributed by atoms with Gasteiger partial charge in [-0.15, -0.1) is 0 Å². The summed E-state index contributed by atoms with van der Waals surface area (Å²) in [5.41, 5.74) is 2.47. The van der Waals surface area contributed by atoms with Crippen LogP contribution < -0.4 is 14.4 Å². The van der Waals surface area contributed by atoms with E-state index >= 15 is 0 Å². The Morgan fingerprint density at radius 2 is 1.88 bits per heavy atom. The number of anilines is 1. The summed E-state index contributed by atoms with van der Waals surface area (Å²) in [6.07, 6.45) is -4.64. The average molecular weight is 584 g/mol. The summed E-state index contributed by atoms with van der Waals surface area (Å²) < 4.78 is 74.3. The number of halogens is 4. The van der Waals surface area contributed by atoms with E-state index in [0.717, 1.165) is 0 Å². The molecule has 4 aromatic rings. The van der Waals surface area contributed by atoms with Crippen LogP contribution in [-0.4, -0.2) is 47.9 Å². The van der Waals surface area contributed by atoms with Crippen molar-refractivity contribution >= 4 is 28.6 Å². The summed E-state index contributed by atoms with van der Waals surface area (Å²) in [7, 11) is 1.27. The minimum Gasteiger partial charge on any atom is -0.493 e. The zero-order valence-corrected chi connectivity index (χ0v) is 22.6. The molecular weight excluding hydrogens is 558 g/mol. The SMILES string of the molecule is CCc1nc2ccc(F)cc2n1-c1cccc2c1OC[C@H]2N(C(=O)C(F)(F)F)c1ccc2c(c1)OC[C@H]2CC(=O)OC. The third kappa shape index (κ3) is 4.60. The molecule has 8 nitrogen and oxygen atoms in total. The highest BCUT2D eigenvalue weighted by Crippen LogP contribution is 2.46. The van der Waals surface area contributed by atoms with Crippen LogP contribution >= 0.6 is 0 Å². The molecule has 1 amide bonds. The van der Waals surface area contributed by atoms with Crippen molar-refractivity contribution in [2.75, 3.05) is 25.2 Å². The standard InChI is InChI=1S/C30H25F4N3O5/c1-3-26-35-21-10-7-17(31)12-23(21)37(26)22-6-4-5-20-24(15-42-28(20)22)36(29(39)30(32,33)34)18-8-9-19-16(11-27(38)40-2)14-41-25(19)13-18/h4-10,12-13,16,24H,3,11,14-15H2,1-2H3/t16-,24-/m1/s1. The van der Waals surface area contributed by atoms with Crippen molar-refractivity contribution in [1.29, 1.82) is 0 Å². The van der Waals surface area contributed by atoms with Crippen LogP contribution in [-0.2, 0) is 20.7 Å². The van der Waals surface area contributed by atoms with E-state index in [9.17, 15) is 27.2 Å². The van der Waals surface area contributed by atoms with Crippen LogP contribution in [0.25, 0.3) is 16.7 Å². The normalized spacial score (nSPS) is 17.4. The van der Waals surface area contributed by atoms with Gasteiger partial charge in [0.1, 0.15) is 29.7 Å². The topological polar surface area (TPSA) is 82.9 Å². The summed E-state index contributed by atoms with van der Waals surface area (Å²) in [6, 6.07) is 12.4. The highest BCUT2D eigenvalue weighted by molar-refractivity contribution is 5.98. The van der Waals surface area contributed by atoms with Gasteiger partial charge in [0.2, 0.25) is 0 Å². The first-order chi connectivity index (χ1) is 20.1. The molecule has 42 heavy (non-hydrogen) atoms. The molecule has 1 aromatic heterocycles. The minimum absolute atomic E-state index is 0.0361. The monoisotopic (exact) mass is 583 g/mol. The number of esters is 1. The maximum Gasteiger partial charge on any atom is 0.471 e. The molecule has 0 spiro atoms. The van der Waals surface area contributed by atoms with Crippen LogP contribution in [0, 0.1) is 5.82 Å². The number of carbonyl (C=O) groups is 2. The summed E-state index contributed by atoms with van der Waals surface area (Å²) in [5, 5.41) is 0. The first-order valence-electron chi connectivity index (χ1n) is 13.3. The Morgan fingerprint density at radius 3 is 2.62 bits per heavy atom. The zero-order chi connectivity index (χ0) is 29.8. The number of amides is 1. The fraction of sp³-hybridized carbons (Fsp3) is 0.300. The molecular formula is C30H25F4N3O5. The molecule has 0 radical (unpaired) electrons. The fourth-order valence-corrected chi connectivity index (χ4v) is 5.65. The molecule has 6 rings (SSSR count). The Balaban J connectivity index is 1.44. The van der Waals surface area contributed by atoms with E-state index < -0.39 is 29.9 Å². The largest absolute Gasteiger partial charge is 0.493 e. The molecule has 3 aromatic carbocycles. The number of alkyl halides is 3. The Kier molecular flexibility index (Phi) is 6.78. The molecule has 0 aliphatic carbocycles. The van der Waals surface area contributed by atoms with Crippen molar-refractivity contribution in [1.82, 2.24) is 9.55 Å². The summed E-state index contributed by atoms with van der Waals surface area (Å²) in [4.78, 5) is 30.0. The molecule has 2 aliphatic rings. The first-order valence-corrected chi connectivity index (χ1v) is 13.3. The molecule has 0 saturated carbocycles. The lowest BCUT2D eigenvalue weighted by Crippen LogP contribution is -2.44. The number of rotatable bonds is 6. The number of ether oxygens (including phenoxy) is 3. The van der Waals surface area contributed by atoms with Crippen LogP contribution in [0.15, 0.2) is 54.6 Å². The number of carbonyl (C=O) groups excluding carboxylic acids is 2. The molecule has 3 heterocycles. The number of methoxy groups -OCH3 is 1. The lowest BCUT2D eigenvalue weighted by Gasteiger charge is -2.29. The van der Waals surface area contributed by atoms with Gasteiger partial charge in [0, 0.05) is 41.3 Å². The van der Waals surface area contributed by atoms with Crippen molar-refractivity contribution in [3.8, 4) is 17.2 Å². The number of imidazole rings is 1. The average Bonchev–Trinajstić information content (AvgIpc) is 3.67. The Morgan fingerprint density at radius 1 is 1.07 bits per heavy atom. The number of fused-ring (bicyclic) bond motifs is 3.